The molecule has 1 heterocycles. The number of anilines is 1. The lowest BCUT2D eigenvalue weighted by Gasteiger charge is -2.22. The number of hydrogen-bond donors (Lipinski definition) is 1. The van der Waals surface area contributed by atoms with Crippen molar-refractivity contribution in [1.82, 2.24) is 4.98 Å². The van der Waals surface area contributed by atoms with Crippen LogP contribution >= 0.6 is 23.2 Å². The summed E-state index contributed by atoms with van der Waals surface area (Å²) in [5, 5.41) is 5.91. The summed E-state index contributed by atoms with van der Waals surface area (Å²) in [7, 11) is 0. The lowest BCUT2D eigenvalue weighted by Crippen LogP contribution is -2.12. The normalized spacial score (nSPS) is 14.3. The van der Waals surface area contributed by atoms with Crippen LogP contribution in [0.1, 0.15) is 37.4 Å². The van der Waals surface area contributed by atoms with Crippen molar-refractivity contribution in [3.05, 3.63) is 33.4 Å². The number of pyridine rings is 1. The molecular formula is C16H18Cl2N2. The molecule has 0 amide bonds. The van der Waals surface area contributed by atoms with Crippen LogP contribution in [-0.2, 0) is 12.8 Å². The van der Waals surface area contributed by atoms with Gasteiger partial charge in [0.2, 0.25) is 0 Å². The molecule has 106 valence electrons. The average molecular weight is 309 g/mol. The van der Waals surface area contributed by atoms with E-state index in [1.54, 1.807) is 6.07 Å². The molecule has 1 aromatic heterocycles. The fourth-order valence-electron chi connectivity index (χ4n) is 2.92. The minimum Gasteiger partial charge on any atom is -0.384 e. The molecule has 20 heavy (non-hydrogen) atoms. The SMILES string of the molecule is CCCNc1c2c(nc3cc(Cl)cc(Cl)c13)CCCC2. The zero-order valence-electron chi connectivity index (χ0n) is 11.6. The summed E-state index contributed by atoms with van der Waals surface area (Å²) in [4.78, 5) is 4.80. The van der Waals surface area contributed by atoms with Crippen LogP contribution in [0.5, 0.6) is 0 Å². The summed E-state index contributed by atoms with van der Waals surface area (Å²) in [6.45, 7) is 3.12. The highest BCUT2D eigenvalue weighted by atomic mass is 35.5. The van der Waals surface area contributed by atoms with E-state index < -0.39 is 0 Å². The number of rotatable bonds is 3. The summed E-state index contributed by atoms with van der Waals surface area (Å²) >= 11 is 12.5. The molecule has 3 rings (SSSR count). The van der Waals surface area contributed by atoms with Crippen molar-refractivity contribution in [2.75, 3.05) is 11.9 Å². The highest BCUT2D eigenvalue weighted by Crippen LogP contribution is 2.38. The molecular weight excluding hydrogens is 291 g/mol. The first-order valence-corrected chi connectivity index (χ1v) is 8.00. The first-order chi connectivity index (χ1) is 9.70. The fraction of sp³-hybridized carbons (Fsp3) is 0.438. The van der Waals surface area contributed by atoms with Gasteiger partial charge in [-0.15, -0.1) is 0 Å². The number of aryl methyl sites for hydroxylation is 1. The number of hydrogen-bond acceptors (Lipinski definition) is 2. The van der Waals surface area contributed by atoms with Gasteiger partial charge in [-0.3, -0.25) is 4.98 Å². The molecule has 0 saturated heterocycles. The zero-order chi connectivity index (χ0) is 14.1. The largest absolute Gasteiger partial charge is 0.384 e. The average Bonchev–Trinajstić information content (AvgIpc) is 2.43. The first-order valence-electron chi connectivity index (χ1n) is 7.25. The number of nitrogens with zero attached hydrogens (tertiary/aromatic N) is 1. The summed E-state index contributed by atoms with van der Waals surface area (Å²) < 4.78 is 0. The van der Waals surface area contributed by atoms with E-state index in [-0.39, 0.29) is 0 Å². The molecule has 1 aliphatic carbocycles. The molecule has 0 spiro atoms. The highest BCUT2D eigenvalue weighted by molar-refractivity contribution is 6.39. The molecule has 1 aromatic carbocycles. The van der Waals surface area contributed by atoms with Crippen molar-refractivity contribution < 1.29 is 0 Å². The molecule has 0 fully saturated rings. The van der Waals surface area contributed by atoms with Crippen molar-refractivity contribution in [2.45, 2.75) is 39.0 Å². The second kappa shape index (κ2) is 5.79. The van der Waals surface area contributed by atoms with Crippen LogP contribution in [-0.4, -0.2) is 11.5 Å². The van der Waals surface area contributed by atoms with Crippen LogP contribution in [0.4, 0.5) is 5.69 Å². The van der Waals surface area contributed by atoms with Crippen molar-refractivity contribution in [3.8, 4) is 0 Å². The van der Waals surface area contributed by atoms with E-state index in [2.05, 4.69) is 12.2 Å². The number of fused-ring (bicyclic) bond motifs is 2. The van der Waals surface area contributed by atoms with Gasteiger partial charge in [0.05, 0.1) is 16.2 Å². The summed E-state index contributed by atoms with van der Waals surface area (Å²) in [6, 6.07) is 3.72. The summed E-state index contributed by atoms with van der Waals surface area (Å²) in [6.07, 6.45) is 5.67. The molecule has 0 radical (unpaired) electrons. The Morgan fingerprint density at radius 1 is 1.20 bits per heavy atom. The number of halogens is 2. The van der Waals surface area contributed by atoms with Crippen molar-refractivity contribution in [1.29, 1.82) is 0 Å². The summed E-state index contributed by atoms with van der Waals surface area (Å²) in [5.74, 6) is 0. The maximum Gasteiger partial charge on any atom is 0.0756 e. The van der Waals surface area contributed by atoms with Crippen LogP contribution in [0, 0.1) is 0 Å². The maximum atomic E-state index is 6.42. The van der Waals surface area contributed by atoms with Gasteiger partial charge in [-0.05, 0) is 49.8 Å². The van der Waals surface area contributed by atoms with Gasteiger partial charge in [0.15, 0.2) is 0 Å². The zero-order valence-corrected chi connectivity index (χ0v) is 13.1. The number of nitrogens with one attached hydrogen (secondary N) is 1. The van der Waals surface area contributed by atoms with Gasteiger partial charge < -0.3 is 5.32 Å². The van der Waals surface area contributed by atoms with Gasteiger partial charge >= 0.3 is 0 Å². The molecule has 4 heteroatoms. The van der Waals surface area contributed by atoms with Crippen LogP contribution < -0.4 is 5.32 Å². The third-order valence-electron chi connectivity index (χ3n) is 3.83. The van der Waals surface area contributed by atoms with Gasteiger partial charge in [-0.1, -0.05) is 30.1 Å². The lowest BCUT2D eigenvalue weighted by molar-refractivity contribution is 0.672. The molecule has 0 unspecified atom stereocenters. The number of benzene rings is 1. The smallest absolute Gasteiger partial charge is 0.0756 e. The second-order valence-corrected chi connectivity index (χ2v) is 6.17. The van der Waals surface area contributed by atoms with E-state index in [0.717, 1.165) is 36.7 Å². The predicted octanol–water partition coefficient (Wildman–Crippen LogP) is 5.24. The minimum atomic E-state index is 0.646. The van der Waals surface area contributed by atoms with Gasteiger partial charge in [-0.25, -0.2) is 0 Å². The van der Waals surface area contributed by atoms with E-state index in [9.17, 15) is 0 Å². The molecule has 0 aliphatic heterocycles. The van der Waals surface area contributed by atoms with Gasteiger partial charge in [0.1, 0.15) is 0 Å². The van der Waals surface area contributed by atoms with Crippen molar-refractivity contribution >= 4 is 39.8 Å². The van der Waals surface area contributed by atoms with Crippen LogP contribution in [0.15, 0.2) is 12.1 Å². The summed E-state index contributed by atoms with van der Waals surface area (Å²) in [5.41, 5.74) is 4.64. The standard InChI is InChI=1S/C16H18Cl2N2/c1-2-7-19-16-11-5-3-4-6-13(11)20-14-9-10(17)8-12(18)15(14)16/h8-9H,2-7H2,1H3,(H,19,20). The van der Waals surface area contributed by atoms with E-state index in [1.807, 2.05) is 6.07 Å². The molecule has 1 N–H and O–H groups in total. The second-order valence-electron chi connectivity index (χ2n) is 5.33. The van der Waals surface area contributed by atoms with Gasteiger partial charge in [-0.2, -0.15) is 0 Å². The van der Waals surface area contributed by atoms with Crippen LogP contribution in [0.2, 0.25) is 10.0 Å². The lowest BCUT2D eigenvalue weighted by atomic mass is 9.92. The van der Waals surface area contributed by atoms with E-state index in [4.69, 9.17) is 28.2 Å². The third-order valence-corrected chi connectivity index (χ3v) is 4.35. The molecule has 2 nitrogen and oxygen atoms in total. The Labute approximate surface area is 129 Å². The topological polar surface area (TPSA) is 24.9 Å². The Hall–Kier alpha value is -0.990. The van der Waals surface area contributed by atoms with Gasteiger partial charge in [0, 0.05) is 22.6 Å². The molecule has 0 saturated carbocycles. The molecule has 0 atom stereocenters. The molecule has 2 aromatic rings. The Morgan fingerprint density at radius 3 is 2.80 bits per heavy atom. The Kier molecular flexibility index (Phi) is 4.04. The highest BCUT2D eigenvalue weighted by Gasteiger charge is 2.19. The monoisotopic (exact) mass is 308 g/mol. The molecule has 1 aliphatic rings. The van der Waals surface area contributed by atoms with Gasteiger partial charge in [0.25, 0.3) is 0 Å². The van der Waals surface area contributed by atoms with Crippen molar-refractivity contribution in [3.63, 3.8) is 0 Å². The Morgan fingerprint density at radius 2 is 2.00 bits per heavy atom. The number of aromatic nitrogens is 1. The molecule has 0 bridgehead atoms. The van der Waals surface area contributed by atoms with E-state index in [0.29, 0.717) is 10.0 Å². The minimum absolute atomic E-state index is 0.646. The fourth-order valence-corrected chi connectivity index (χ4v) is 3.50. The maximum absolute atomic E-state index is 6.42. The van der Waals surface area contributed by atoms with E-state index in [1.165, 1.54) is 29.8 Å². The Bertz CT molecular complexity index is 653. The Balaban J connectivity index is 2.27. The first kappa shape index (κ1) is 14.0. The van der Waals surface area contributed by atoms with Crippen molar-refractivity contribution in [2.24, 2.45) is 0 Å². The van der Waals surface area contributed by atoms with Crippen LogP contribution in [0.3, 0.4) is 0 Å². The quantitative estimate of drug-likeness (QED) is 0.838. The van der Waals surface area contributed by atoms with Crippen LogP contribution in [0.25, 0.3) is 10.9 Å². The third kappa shape index (κ3) is 2.47. The van der Waals surface area contributed by atoms with E-state index >= 15 is 0 Å². The predicted molar refractivity (Wildman–Crippen MR) is 87.2 cm³/mol.